The van der Waals surface area contributed by atoms with E-state index < -0.39 is 0 Å². The van der Waals surface area contributed by atoms with Crippen molar-refractivity contribution in [1.82, 2.24) is 102 Å². The van der Waals surface area contributed by atoms with Crippen molar-refractivity contribution >= 4 is 0 Å². The van der Waals surface area contributed by atoms with Gasteiger partial charge >= 0.3 is 0 Å². The minimum absolute atomic E-state index is 0.600. The SMILES string of the molecule is Cc1cnncn1.Cc1cnncn1.Cc1cnnnn1.Cc1nccnn1.Cc1ncncn1.Cc1nncnn1. The molecule has 0 fully saturated rings. The van der Waals surface area contributed by atoms with Gasteiger partial charge in [0.2, 0.25) is 0 Å². The molecule has 42 heavy (non-hydrogen) atoms. The first kappa shape index (κ1) is 33.9. The molecule has 216 valence electrons. The standard InChI is InChI=1S/4C4H5N3.2C3H4N4/c1-4-6-2-5-3-7-4;2*1-4-2-6-7-3-5-4;1-4-5-2-3-6-7-4;1-3-6-4-2-5-7-3;1-3-2-4-6-7-5-3/h4*2-3H,1H3;2*2H,1H3. The minimum atomic E-state index is 0.600. The lowest BCUT2D eigenvalue weighted by atomic mass is 10.6. The van der Waals surface area contributed by atoms with E-state index in [0.717, 1.165) is 22.9 Å². The van der Waals surface area contributed by atoms with E-state index in [4.69, 9.17) is 0 Å². The molecule has 0 spiro atoms. The van der Waals surface area contributed by atoms with Crippen molar-refractivity contribution in [3.8, 4) is 0 Å². The monoisotopic (exact) mass is 572 g/mol. The Balaban J connectivity index is 0.000000252. The molecule has 0 saturated carbocycles. The summed E-state index contributed by atoms with van der Waals surface area (Å²) in [6.45, 7) is 10.9. The first-order chi connectivity index (χ1) is 20.4. The molecule has 0 aliphatic heterocycles. The van der Waals surface area contributed by atoms with Gasteiger partial charge in [-0.25, -0.2) is 29.9 Å². The predicted molar refractivity (Wildman–Crippen MR) is 143 cm³/mol. The third-order valence-corrected chi connectivity index (χ3v) is 3.51. The summed E-state index contributed by atoms with van der Waals surface area (Å²) in [5.41, 5.74) is 2.58. The van der Waals surface area contributed by atoms with E-state index in [1.807, 2.05) is 27.7 Å². The molecule has 20 heteroatoms. The van der Waals surface area contributed by atoms with Gasteiger partial charge in [0, 0.05) is 6.20 Å². The highest BCUT2D eigenvalue weighted by Gasteiger charge is 1.80. The topological polar surface area (TPSA) is 258 Å². The van der Waals surface area contributed by atoms with Gasteiger partial charge in [-0.1, -0.05) is 0 Å². The average molecular weight is 573 g/mol. The molecule has 6 heterocycles. The largest absolute Gasteiger partial charge is 0.238 e. The second-order valence-electron chi connectivity index (χ2n) is 7.13. The molecule has 0 unspecified atom stereocenters. The fraction of sp³-hybridized carbons (Fsp3) is 0.273. The van der Waals surface area contributed by atoms with Gasteiger partial charge in [0.05, 0.1) is 41.9 Å². The summed E-state index contributed by atoms with van der Waals surface area (Å²) >= 11 is 0. The van der Waals surface area contributed by atoms with Crippen LogP contribution in [0.5, 0.6) is 0 Å². The summed E-state index contributed by atoms with van der Waals surface area (Å²) < 4.78 is 0. The Labute approximate surface area is 240 Å². The normalized spacial score (nSPS) is 8.71. The lowest BCUT2D eigenvalue weighted by Crippen LogP contribution is -1.90. The van der Waals surface area contributed by atoms with Crippen LogP contribution in [0.15, 0.2) is 62.6 Å². The van der Waals surface area contributed by atoms with Gasteiger partial charge in [-0.3, -0.25) is 0 Å². The highest BCUT2D eigenvalue weighted by molar-refractivity contribution is 4.85. The molecule has 0 saturated heterocycles. The Hall–Kier alpha value is -6.08. The number of aromatic nitrogens is 20. The molecule has 0 aliphatic rings. The van der Waals surface area contributed by atoms with Gasteiger partial charge in [-0.2, -0.15) is 15.3 Å². The summed E-state index contributed by atoms with van der Waals surface area (Å²) in [6, 6.07) is 0. The van der Waals surface area contributed by atoms with Crippen molar-refractivity contribution in [2.45, 2.75) is 41.5 Å². The van der Waals surface area contributed by atoms with Crippen molar-refractivity contribution in [3.63, 3.8) is 0 Å². The zero-order valence-electron chi connectivity index (χ0n) is 23.7. The summed E-state index contributed by atoms with van der Waals surface area (Å²) in [4.78, 5) is 22.6. The van der Waals surface area contributed by atoms with Crippen molar-refractivity contribution in [1.29, 1.82) is 0 Å². The van der Waals surface area contributed by atoms with Gasteiger partial charge in [0.15, 0.2) is 12.2 Å². The fourth-order valence-corrected chi connectivity index (χ4v) is 1.72. The molecule has 6 aromatic rings. The number of hydrogen-bond acceptors (Lipinski definition) is 20. The van der Waals surface area contributed by atoms with Crippen LogP contribution in [0.2, 0.25) is 0 Å². The second kappa shape index (κ2) is 22.9. The van der Waals surface area contributed by atoms with E-state index in [-0.39, 0.29) is 0 Å². The molecule has 6 aromatic heterocycles. The Kier molecular flexibility index (Phi) is 18.5. The van der Waals surface area contributed by atoms with Gasteiger partial charge in [0.1, 0.15) is 37.0 Å². The highest BCUT2D eigenvalue weighted by Crippen LogP contribution is 1.79. The Morgan fingerprint density at radius 2 is 0.929 bits per heavy atom. The van der Waals surface area contributed by atoms with Crippen LogP contribution >= 0.6 is 0 Å². The zero-order chi connectivity index (χ0) is 30.7. The van der Waals surface area contributed by atoms with E-state index in [1.165, 1.54) is 31.6 Å². The van der Waals surface area contributed by atoms with Crippen LogP contribution in [0, 0.1) is 41.5 Å². The van der Waals surface area contributed by atoms with Crippen LogP contribution in [0.25, 0.3) is 0 Å². The second-order valence-corrected chi connectivity index (χ2v) is 7.13. The lowest BCUT2D eigenvalue weighted by molar-refractivity contribution is 0.742. The van der Waals surface area contributed by atoms with E-state index in [2.05, 4.69) is 102 Å². The van der Waals surface area contributed by atoms with Gasteiger partial charge in [-0.15, -0.1) is 45.9 Å². The van der Waals surface area contributed by atoms with Crippen LogP contribution < -0.4 is 0 Å². The molecule has 0 radical (unpaired) electrons. The van der Waals surface area contributed by atoms with Crippen LogP contribution in [0.3, 0.4) is 0 Å². The van der Waals surface area contributed by atoms with E-state index >= 15 is 0 Å². The van der Waals surface area contributed by atoms with Gasteiger partial charge < -0.3 is 0 Å². The Morgan fingerprint density at radius 1 is 0.357 bits per heavy atom. The summed E-state index contributed by atoms with van der Waals surface area (Å²) in [7, 11) is 0. The smallest absolute Gasteiger partial charge is 0.170 e. The third-order valence-electron chi connectivity index (χ3n) is 3.51. The predicted octanol–water partition coefficient (Wildman–Crippen LogP) is -0.130. The molecule has 0 atom stereocenters. The van der Waals surface area contributed by atoms with Crippen molar-refractivity contribution in [2.24, 2.45) is 0 Å². The van der Waals surface area contributed by atoms with Crippen molar-refractivity contribution in [3.05, 3.63) is 97.2 Å². The molecule has 0 aromatic carbocycles. The summed E-state index contributed by atoms with van der Waals surface area (Å²) in [5, 5.41) is 48.9. The molecule has 0 N–H and O–H groups in total. The van der Waals surface area contributed by atoms with Crippen LogP contribution in [0.4, 0.5) is 0 Å². The average Bonchev–Trinajstić information content (AvgIpc) is 3.01. The van der Waals surface area contributed by atoms with Crippen molar-refractivity contribution in [2.75, 3.05) is 0 Å². The minimum Gasteiger partial charge on any atom is -0.238 e. The number of aryl methyl sites for hydroxylation is 6. The Bertz CT molecular complexity index is 1110. The molecular weight excluding hydrogens is 544 g/mol. The van der Waals surface area contributed by atoms with Crippen LogP contribution in [0.1, 0.15) is 34.6 Å². The van der Waals surface area contributed by atoms with E-state index in [9.17, 15) is 0 Å². The highest BCUT2D eigenvalue weighted by atomic mass is 15.4. The number of nitrogens with zero attached hydrogens (tertiary/aromatic N) is 20. The maximum absolute atomic E-state index is 3.81. The Morgan fingerprint density at radius 3 is 1.17 bits per heavy atom. The maximum Gasteiger partial charge on any atom is 0.170 e. The van der Waals surface area contributed by atoms with Gasteiger partial charge in [0.25, 0.3) is 0 Å². The molecule has 0 amide bonds. The van der Waals surface area contributed by atoms with Crippen molar-refractivity contribution < 1.29 is 0 Å². The van der Waals surface area contributed by atoms with Crippen LogP contribution in [-0.2, 0) is 0 Å². The first-order valence-electron chi connectivity index (χ1n) is 11.7. The first-order valence-corrected chi connectivity index (χ1v) is 11.7. The molecule has 0 aliphatic carbocycles. The van der Waals surface area contributed by atoms with Gasteiger partial charge in [-0.05, 0) is 52.0 Å². The fourth-order valence-electron chi connectivity index (χ4n) is 1.72. The lowest BCUT2D eigenvalue weighted by Gasteiger charge is -1.80. The summed E-state index contributed by atoms with van der Waals surface area (Å²) in [6.07, 6.45) is 15.0. The molecular formula is C22H28N20. The quantitative estimate of drug-likeness (QED) is 0.229. The molecule has 6 rings (SSSR count). The number of rotatable bonds is 0. The van der Waals surface area contributed by atoms with Crippen LogP contribution in [-0.4, -0.2) is 102 Å². The summed E-state index contributed by atoms with van der Waals surface area (Å²) in [5.74, 6) is 2.07. The maximum atomic E-state index is 3.81. The molecule has 0 bridgehead atoms. The zero-order valence-corrected chi connectivity index (χ0v) is 23.7. The number of hydrogen-bond donors (Lipinski definition) is 0. The van der Waals surface area contributed by atoms with E-state index in [0.29, 0.717) is 11.6 Å². The third kappa shape index (κ3) is 20.9. The van der Waals surface area contributed by atoms with E-state index in [1.54, 1.807) is 44.8 Å². The molecule has 20 nitrogen and oxygen atoms in total.